The number of nitrogens with zero attached hydrogens (tertiary/aromatic N) is 2. The Hall–Kier alpha value is -6.84. The van der Waals surface area contributed by atoms with Gasteiger partial charge in [-0.2, -0.15) is 0 Å². The zero-order valence-corrected chi connectivity index (χ0v) is 27.8. The highest BCUT2D eigenvalue weighted by atomic mass is 16.3. The van der Waals surface area contributed by atoms with Gasteiger partial charge in [-0.25, -0.2) is 0 Å². The van der Waals surface area contributed by atoms with Gasteiger partial charge in [0.2, 0.25) is 0 Å². The van der Waals surface area contributed by atoms with E-state index < -0.39 is 0 Å². The summed E-state index contributed by atoms with van der Waals surface area (Å²) in [5.41, 5.74) is 13.3. The molecule has 0 radical (unpaired) electrons. The fourth-order valence-electron chi connectivity index (χ4n) is 7.69. The van der Waals surface area contributed by atoms with Crippen LogP contribution in [0.15, 0.2) is 199 Å². The molecule has 3 heteroatoms. The molecule has 0 atom stereocenters. The second-order valence-corrected chi connectivity index (χ2v) is 12.9. The first-order chi connectivity index (χ1) is 25.3. The highest BCUT2D eigenvalue weighted by molar-refractivity contribution is 6.13. The van der Waals surface area contributed by atoms with Gasteiger partial charge in [0.25, 0.3) is 0 Å². The second-order valence-electron chi connectivity index (χ2n) is 12.9. The fraction of sp³-hybridized carbons (Fsp3) is 0. The van der Waals surface area contributed by atoms with Crippen LogP contribution in [0.4, 0.5) is 17.1 Å². The van der Waals surface area contributed by atoms with E-state index in [9.17, 15) is 0 Å². The van der Waals surface area contributed by atoms with E-state index in [4.69, 9.17) is 4.42 Å². The Kier molecular flexibility index (Phi) is 6.81. The van der Waals surface area contributed by atoms with Crippen LogP contribution in [0.25, 0.3) is 71.7 Å². The fourth-order valence-corrected chi connectivity index (χ4v) is 7.69. The summed E-state index contributed by atoms with van der Waals surface area (Å²) in [5, 5.41) is 4.69. The maximum absolute atomic E-state index is 6.51. The van der Waals surface area contributed by atoms with Crippen molar-refractivity contribution in [1.29, 1.82) is 0 Å². The molecular formula is C48H32N2O. The molecule has 0 aliphatic carbocycles. The lowest BCUT2D eigenvalue weighted by molar-refractivity contribution is 0.666. The van der Waals surface area contributed by atoms with Crippen LogP contribution in [0.2, 0.25) is 0 Å². The molecule has 0 aliphatic heterocycles. The summed E-state index contributed by atoms with van der Waals surface area (Å²) in [6.45, 7) is 0. The van der Waals surface area contributed by atoms with E-state index in [0.29, 0.717) is 0 Å². The summed E-state index contributed by atoms with van der Waals surface area (Å²) in [7, 11) is 0. The molecule has 10 aromatic rings. The van der Waals surface area contributed by atoms with Crippen LogP contribution in [0.3, 0.4) is 0 Å². The summed E-state index contributed by atoms with van der Waals surface area (Å²) in [4.78, 5) is 2.30. The highest BCUT2D eigenvalue weighted by Gasteiger charge is 2.19. The Morgan fingerprint density at radius 2 is 0.922 bits per heavy atom. The Bertz CT molecular complexity index is 2810. The smallest absolute Gasteiger partial charge is 0.159 e. The number of furan rings is 1. The second kappa shape index (κ2) is 11.9. The standard InChI is InChI=1S/C48H32N2O/c1-3-14-35(15-4-1)49(36-16-5-2-6-17-36)37-29-26-33(27-30-37)38-18-7-8-19-39(38)34-28-31-45-43(32-34)40-20-9-11-23-44(40)50(45)46-24-13-22-42-41-21-10-12-25-47(41)51-48(42)46/h1-32H. The summed E-state index contributed by atoms with van der Waals surface area (Å²) >= 11 is 0. The summed E-state index contributed by atoms with van der Waals surface area (Å²) in [6, 6.07) is 69.0. The lowest BCUT2D eigenvalue weighted by Gasteiger charge is -2.25. The zero-order valence-electron chi connectivity index (χ0n) is 27.8. The van der Waals surface area contributed by atoms with Crippen molar-refractivity contribution in [3.8, 4) is 27.9 Å². The normalized spacial score (nSPS) is 11.5. The van der Waals surface area contributed by atoms with Crippen molar-refractivity contribution in [2.24, 2.45) is 0 Å². The molecule has 0 bridgehead atoms. The predicted molar refractivity (Wildman–Crippen MR) is 214 cm³/mol. The molecule has 51 heavy (non-hydrogen) atoms. The first-order valence-electron chi connectivity index (χ1n) is 17.4. The van der Waals surface area contributed by atoms with Crippen molar-refractivity contribution in [3.63, 3.8) is 0 Å². The molecule has 240 valence electrons. The van der Waals surface area contributed by atoms with Crippen LogP contribution in [0.1, 0.15) is 0 Å². The minimum Gasteiger partial charge on any atom is -0.454 e. The van der Waals surface area contributed by atoms with Crippen LogP contribution in [0, 0.1) is 0 Å². The lowest BCUT2D eigenvalue weighted by atomic mass is 9.93. The Morgan fingerprint density at radius 3 is 1.67 bits per heavy atom. The third-order valence-corrected chi connectivity index (χ3v) is 10.0. The van der Waals surface area contributed by atoms with Gasteiger partial charge in [0.15, 0.2) is 5.58 Å². The summed E-state index contributed by atoms with van der Waals surface area (Å²) in [6.07, 6.45) is 0. The van der Waals surface area contributed by atoms with Gasteiger partial charge in [0.1, 0.15) is 5.58 Å². The molecule has 2 aromatic heterocycles. The molecule has 0 unspecified atom stereocenters. The van der Waals surface area contributed by atoms with Gasteiger partial charge in [-0.3, -0.25) is 0 Å². The van der Waals surface area contributed by atoms with Crippen molar-refractivity contribution in [3.05, 3.63) is 194 Å². The minimum absolute atomic E-state index is 0.900. The highest BCUT2D eigenvalue weighted by Crippen LogP contribution is 2.41. The Balaban J connectivity index is 1.09. The van der Waals surface area contributed by atoms with Gasteiger partial charge < -0.3 is 13.9 Å². The molecule has 10 rings (SSSR count). The molecule has 0 fully saturated rings. The SMILES string of the molecule is c1ccc(N(c2ccccc2)c2ccc(-c3ccccc3-c3ccc4c(c3)c3ccccc3n4-c3cccc4c3oc3ccccc34)cc2)cc1. The van der Waals surface area contributed by atoms with Gasteiger partial charge in [-0.05, 0) is 89.0 Å². The number of hydrogen-bond acceptors (Lipinski definition) is 2. The number of fused-ring (bicyclic) bond motifs is 6. The number of para-hydroxylation sites is 5. The maximum Gasteiger partial charge on any atom is 0.159 e. The third-order valence-electron chi connectivity index (χ3n) is 10.0. The molecule has 0 aliphatic rings. The maximum atomic E-state index is 6.51. The predicted octanol–water partition coefficient (Wildman–Crippen LogP) is 13.5. The van der Waals surface area contributed by atoms with E-state index in [0.717, 1.165) is 55.7 Å². The van der Waals surface area contributed by atoms with Crippen LogP contribution in [-0.4, -0.2) is 4.57 Å². The van der Waals surface area contributed by atoms with Crippen LogP contribution in [0.5, 0.6) is 0 Å². The molecule has 0 N–H and O–H groups in total. The Labute approximate surface area is 295 Å². The van der Waals surface area contributed by atoms with E-state index >= 15 is 0 Å². The average molecular weight is 653 g/mol. The first-order valence-corrected chi connectivity index (χ1v) is 17.4. The molecule has 0 spiro atoms. The zero-order chi connectivity index (χ0) is 33.7. The summed E-state index contributed by atoms with van der Waals surface area (Å²) < 4.78 is 8.87. The van der Waals surface area contributed by atoms with E-state index in [2.05, 4.69) is 191 Å². The van der Waals surface area contributed by atoms with Crippen molar-refractivity contribution in [2.75, 3.05) is 4.90 Å². The number of anilines is 3. The van der Waals surface area contributed by atoms with E-state index in [-0.39, 0.29) is 0 Å². The average Bonchev–Trinajstić information content (AvgIpc) is 3.75. The first kappa shape index (κ1) is 29.1. The largest absolute Gasteiger partial charge is 0.454 e. The quantitative estimate of drug-likeness (QED) is 0.178. The van der Waals surface area contributed by atoms with Crippen molar-refractivity contribution >= 4 is 60.8 Å². The molecule has 0 saturated carbocycles. The molecule has 0 saturated heterocycles. The van der Waals surface area contributed by atoms with Crippen LogP contribution < -0.4 is 4.90 Å². The van der Waals surface area contributed by atoms with Gasteiger partial charge in [0, 0.05) is 38.6 Å². The monoisotopic (exact) mass is 652 g/mol. The van der Waals surface area contributed by atoms with Crippen LogP contribution >= 0.6 is 0 Å². The van der Waals surface area contributed by atoms with E-state index in [1.54, 1.807) is 0 Å². The van der Waals surface area contributed by atoms with Gasteiger partial charge in [-0.15, -0.1) is 0 Å². The third kappa shape index (κ3) is 4.82. The molecule has 0 amide bonds. The number of hydrogen-bond donors (Lipinski definition) is 0. The van der Waals surface area contributed by atoms with E-state index in [1.165, 1.54) is 33.0 Å². The number of benzene rings is 8. The van der Waals surface area contributed by atoms with Crippen molar-refractivity contribution in [1.82, 2.24) is 4.57 Å². The van der Waals surface area contributed by atoms with Crippen LogP contribution in [-0.2, 0) is 0 Å². The lowest BCUT2D eigenvalue weighted by Crippen LogP contribution is -2.09. The topological polar surface area (TPSA) is 21.3 Å². The molecule has 8 aromatic carbocycles. The van der Waals surface area contributed by atoms with Crippen molar-refractivity contribution in [2.45, 2.75) is 0 Å². The summed E-state index contributed by atoms with van der Waals surface area (Å²) in [5.74, 6) is 0. The number of aromatic nitrogens is 1. The minimum atomic E-state index is 0.900. The van der Waals surface area contributed by atoms with Gasteiger partial charge in [-0.1, -0.05) is 127 Å². The molecular weight excluding hydrogens is 621 g/mol. The van der Waals surface area contributed by atoms with Crippen molar-refractivity contribution < 1.29 is 4.42 Å². The van der Waals surface area contributed by atoms with Gasteiger partial charge >= 0.3 is 0 Å². The van der Waals surface area contributed by atoms with Gasteiger partial charge in [0.05, 0.1) is 16.7 Å². The Morgan fingerprint density at radius 1 is 0.373 bits per heavy atom. The number of rotatable bonds is 6. The molecule has 3 nitrogen and oxygen atoms in total. The molecule has 2 heterocycles. The van der Waals surface area contributed by atoms with E-state index in [1.807, 2.05) is 12.1 Å².